The lowest BCUT2D eigenvalue weighted by atomic mass is 10.2. The van der Waals surface area contributed by atoms with Crippen LogP contribution in [-0.4, -0.2) is 36.4 Å². The lowest BCUT2D eigenvalue weighted by Gasteiger charge is -2.16. The van der Waals surface area contributed by atoms with E-state index in [1.807, 2.05) is 0 Å². The Morgan fingerprint density at radius 2 is 1.86 bits per heavy atom. The Kier molecular flexibility index (Phi) is 8.91. The normalized spacial score (nSPS) is 11.7. The van der Waals surface area contributed by atoms with E-state index in [0.29, 0.717) is 12.2 Å². The SMILES string of the molecule is CCCCCCOC(=O)C(CCO)OC(=O)c1ccccc1. The molecule has 0 bridgehead atoms. The van der Waals surface area contributed by atoms with Crippen LogP contribution in [0.5, 0.6) is 0 Å². The Balaban J connectivity index is 2.46. The molecule has 0 aromatic heterocycles. The number of esters is 2. The van der Waals surface area contributed by atoms with Crippen LogP contribution in [0.4, 0.5) is 0 Å². The van der Waals surface area contributed by atoms with Crippen molar-refractivity contribution < 1.29 is 24.2 Å². The first kappa shape index (κ1) is 18.2. The molecule has 1 unspecified atom stereocenters. The van der Waals surface area contributed by atoms with Gasteiger partial charge in [0.1, 0.15) is 0 Å². The zero-order valence-corrected chi connectivity index (χ0v) is 13.0. The van der Waals surface area contributed by atoms with Crippen molar-refractivity contribution in [1.29, 1.82) is 0 Å². The fraction of sp³-hybridized carbons (Fsp3) is 0.529. The van der Waals surface area contributed by atoms with Gasteiger partial charge in [-0.1, -0.05) is 44.4 Å². The molecule has 122 valence electrons. The summed E-state index contributed by atoms with van der Waals surface area (Å²) < 4.78 is 10.3. The quantitative estimate of drug-likeness (QED) is 0.531. The summed E-state index contributed by atoms with van der Waals surface area (Å²) in [5, 5.41) is 9.01. The summed E-state index contributed by atoms with van der Waals surface area (Å²) in [5.41, 5.74) is 0.362. The van der Waals surface area contributed by atoms with Gasteiger partial charge in [-0.2, -0.15) is 0 Å². The zero-order chi connectivity index (χ0) is 16.2. The van der Waals surface area contributed by atoms with Crippen molar-refractivity contribution in [2.75, 3.05) is 13.2 Å². The topological polar surface area (TPSA) is 72.8 Å². The van der Waals surface area contributed by atoms with Crippen molar-refractivity contribution in [3.05, 3.63) is 35.9 Å². The number of aliphatic hydroxyl groups is 1. The number of benzene rings is 1. The van der Waals surface area contributed by atoms with E-state index in [1.165, 1.54) is 0 Å². The first-order valence-electron chi connectivity index (χ1n) is 7.72. The molecule has 0 spiro atoms. The molecule has 1 rings (SSSR count). The summed E-state index contributed by atoms with van der Waals surface area (Å²) in [7, 11) is 0. The Bertz CT molecular complexity index is 444. The van der Waals surface area contributed by atoms with E-state index in [1.54, 1.807) is 30.3 Å². The van der Waals surface area contributed by atoms with Crippen LogP contribution >= 0.6 is 0 Å². The summed E-state index contributed by atoms with van der Waals surface area (Å²) in [6.45, 7) is 2.16. The van der Waals surface area contributed by atoms with Crippen LogP contribution in [0.15, 0.2) is 30.3 Å². The van der Waals surface area contributed by atoms with Crippen LogP contribution < -0.4 is 0 Å². The largest absolute Gasteiger partial charge is 0.463 e. The molecule has 22 heavy (non-hydrogen) atoms. The number of hydrogen-bond donors (Lipinski definition) is 1. The van der Waals surface area contributed by atoms with Crippen LogP contribution in [0.1, 0.15) is 49.4 Å². The number of hydrogen-bond acceptors (Lipinski definition) is 5. The van der Waals surface area contributed by atoms with Crippen LogP contribution in [0.3, 0.4) is 0 Å². The smallest absolute Gasteiger partial charge is 0.347 e. The third-order valence-electron chi connectivity index (χ3n) is 3.16. The van der Waals surface area contributed by atoms with Crippen molar-refractivity contribution in [2.45, 2.75) is 45.1 Å². The third kappa shape index (κ3) is 6.72. The number of rotatable bonds is 10. The monoisotopic (exact) mass is 308 g/mol. The second kappa shape index (κ2) is 10.8. The maximum absolute atomic E-state index is 11.9. The Morgan fingerprint density at radius 3 is 2.50 bits per heavy atom. The van der Waals surface area contributed by atoms with Crippen molar-refractivity contribution >= 4 is 11.9 Å². The molecule has 0 aliphatic heterocycles. The first-order valence-corrected chi connectivity index (χ1v) is 7.72. The van der Waals surface area contributed by atoms with Crippen LogP contribution in [0, 0.1) is 0 Å². The van der Waals surface area contributed by atoms with Gasteiger partial charge in [0.05, 0.1) is 12.2 Å². The number of carbonyl (C=O) groups is 2. The van der Waals surface area contributed by atoms with E-state index in [0.717, 1.165) is 25.7 Å². The minimum Gasteiger partial charge on any atom is -0.463 e. The van der Waals surface area contributed by atoms with Gasteiger partial charge in [0.2, 0.25) is 6.10 Å². The van der Waals surface area contributed by atoms with Gasteiger partial charge in [-0.05, 0) is 18.6 Å². The molecule has 0 saturated heterocycles. The Hall–Kier alpha value is -1.88. The number of aliphatic hydroxyl groups excluding tert-OH is 1. The number of ether oxygens (including phenoxy) is 2. The molecule has 0 saturated carbocycles. The molecule has 0 aliphatic rings. The fourth-order valence-electron chi connectivity index (χ4n) is 1.91. The predicted octanol–water partition coefficient (Wildman–Crippen LogP) is 2.72. The molecule has 0 amide bonds. The lowest BCUT2D eigenvalue weighted by molar-refractivity contribution is -0.155. The van der Waals surface area contributed by atoms with Gasteiger partial charge in [-0.25, -0.2) is 9.59 Å². The molecule has 1 atom stereocenters. The summed E-state index contributed by atoms with van der Waals surface area (Å²) >= 11 is 0. The molecule has 5 heteroatoms. The van der Waals surface area contributed by atoms with Gasteiger partial charge in [-0.3, -0.25) is 0 Å². The van der Waals surface area contributed by atoms with E-state index in [-0.39, 0.29) is 13.0 Å². The minimum absolute atomic E-state index is 0.0341. The van der Waals surface area contributed by atoms with Gasteiger partial charge in [0.15, 0.2) is 0 Å². The molecule has 0 heterocycles. The maximum Gasteiger partial charge on any atom is 0.347 e. The highest BCUT2D eigenvalue weighted by Crippen LogP contribution is 2.09. The Labute approximate surface area is 131 Å². The minimum atomic E-state index is -1.07. The average molecular weight is 308 g/mol. The molecule has 1 N–H and O–H groups in total. The van der Waals surface area contributed by atoms with Crippen molar-refractivity contribution in [2.24, 2.45) is 0 Å². The summed E-state index contributed by atoms with van der Waals surface area (Å²) in [4.78, 5) is 23.9. The molecule has 1 aromatic rings. The average Bonchev–Trinajstić information content (AvgIpc) is 2.54. The number of unbranched alkanes of at least 4 members (excludes halogenated alkanes) is 3. The third-order valence-corrected chi connectivity index (χ3v) is 3.16. The second-order valence-corrected chi connectivity index (χ2v) is 5.00. The molecule has 1 aromatic carbocycles. The van der Waals surface area contributed by atoms with Gasteiger partial charge in [0, 0.05) is 13.0 Å². The van der Waals surface area contributed by atoms with E-state index < -0.39 is 18.0 Å². The van der Waals surface area contributed by atoms with E-state index >= 15 is 0 Å². The molecule has 5 nitrogen and oxygen atoms in total. The highest BCUT2D eigenvalue weighted by Gasteiger charge is 2.24. The summed E-state index contributed by atoms with van der Waals surface area (Å²) in [6, 6.07) is 8.42. The maximum atomic E-state index is 11.9. The Morgan fingerprint density at radius 1 is 1.14 bits per heavy atom. The molecule has 0 aliphatic carbocycles. The highest BCUT2D eigenvalue weighted by molar-refractivity contribution is 5.91. The fourth-order valence-corrected chi connectivity index (χ4v) is 1.91. The standard InChI is InChI=1S/C17H24O5/c1-2-3-4-8-13-21-17(20)15(11-12-18)22-16(19)14-9-6-5-7-10-14/h5-7,9-10,15,18H,2-4,8,11-13H2,1H3. The lowest BCUT2D eigenvalue weighted by Crippen LogP contribution is -2.30. The van der Waals surface area contributed by atoms with E-state index in [2.05, 4.69) is 6.92 Å². The van der Waals surface area contributed by atoms with Crippen LogP contribution in [-0.2, 0) is 14.3 Å². The second-order valence-electron chi connectivity index (χ2n) is 5.00. The van der Waals surface area contributed by atoms with E-state index in [9.17, 15) is 9.59 Å². The number of carbonyl (C=O) groups excluding carboxylic acids is 2. The molecular formula is C17H24O5. The zero-order valence-electron chi connectivity index (χ0n) is 13.0. The molecule has 0 radical (unpaired) electrons. The van der Waals surface area contributed by atoms with Gasteiger partial charge >= 0.3 is 11.9 Å². The van der Waals surface area contributed by atoms with Crippen molar-refractivity contribution in [3.8, 4) is 0 Å². The van der Waals surface area contributed by atoms with Gasteiger partial charge in [0.25, 0.3) is 0 Å². The van der Waals surface area contributed by atoms with Gasteiger partial charge < -0.3 is 14.6 Å². The predicted molar refractivity (Wildman–Crippen MR) is 82.4 cm³/mol. The van der Waals surface area contributed by atoms with Crippen LogP contribution in [0.25, 0.3) is 0 Å². The highest BCUT2D eigenvalue weighted by atomic mass is 16.6. The summed E-state index contributed by atoms with van der Waals surface area (Å²) in [6.07, 6.45) is 2.96. The van der Waals surface area contributed by atoms with Gasteiger partial charge in [-0.15, -0.1) is 0 Å². The molecular weight excluding hydrogens is 284 g/mol. The van der Waals surface area contributed by atoms with Crippen molar-refractivity contribution in [3.63, 3.8) is 0 Å². The molecule has 0 fully saturated rings. The van der Waals surface area contributed by atoms with Crippen LogP contribution in [0.2, 0.25) is 0 Å². The summed E-state index contributed by atoms with van der Waals surface area (Å²) in [5.74, 6) is -1.20. The van der Waals surface area contributed by atoms with Crippen molar-refractivity contribution in [1.82, 2.24) is 0 Å². The van der Waals surface area contributed by atoms with E-state index in [4.69, 9.17) is 14.6 Å². The first-order chi connectivity index (χ1) is 10.7.